The number of amides is 2. The Morgan fingerprint density at radius 3 is 2.38 bits per heavy atom. The fraction of sp³-hybridized carbons (Fsp3) is 0.105. The lowest BCUT2D eigenvalue weighted by molar-refractivity contribution is 0.259. The van der Waals surface area contributed by atoms with Crippen molar-refractivity contribution in [3.63, 3.8) is 0 Å². The van der Waals surface area contributed by atoms with Gasteiger partial charge in [0.1, 0.15) is 16.3 Å². The number of anilines is 2. The van der Waals surface area contributed by atoms with Gasteiger partial charge in [-0.05, 0) is 60.5 Å². The molecule has 3 aromatic rings. The van der Waals surface area contributed by atoms with Crippen molar-refractivity contribution in [1.29, 1.82) is 0 Å². The fourth-order valence-electron chi connectivity index (χ4n) is 3.02. The normalized spacial score (nSPS) is 11.8. The highest BCUT2D eigenvalue weighted by atomic mass is 32.2. The quantitative estimate of drug-likeness (QED) is 0.286. The molecule has 0 saturated heterocycles. The van der Waals surface area contributed by atoms with Crippen molar-refractivity contribution in [2.24, 2.45) is 16.0 Å². The molecule has 0 heterocycles. The largest absolute Gasteiger partial charge is 0.399 e. The summed E-state index contributed by atoms with van der Waals surface area (Å²) in [6, 6.07) is 10.3. The van der Waals surface area contributed by atoms with E-state index in [0.29, 0.717) is 11.1 Å². The molecule has 2 amide bonds. The third-order valence-electron chi connectivity index (χ3n) is 4.21. The van der Waals surface area contributed by atoms with Crippen LogP contribution in [0, 0.1) is 13.8 Å². The smallest absolute Gasteiger partial charge is 0.316 e. The highest BCUT2D eigenvalue weighted by molar-refractivity contribution is 7.86. The van der Waals surface area contributed by atoms with Crippen LogP contribution in [-0.4, -0.2) is 19.0 Å². The maximum atomic E-state index is 11.9. The Labute approximate surface area is 167 Å². The average Bonchev–Trinajstić information content (AvgIpc) is 2.59. The number of fused-ring (bicyclic) bond motifs is 1. The van der Waals surface area contributed by atoms with Gasteiger partial charge in [-0.15, -0.1) is 10.2 Å². The molecule has 6 N–H and O–H groups in total. The lowest BCUT2D eigenvalue weighted by Crippen LogP contribution is -2.19. The number of primary amides is 1. The van der Waals surface area contributed by atoms with Gasteiger partial charge in [0.25, 0.3) is 10.1 Å². The monoisotopic (exact) mass is 413 g/mol. The van der Waals surface area contributed by atoms with Crippen LogP contribution in [0.1, 0.15) is 11.1 Å². The van der Waals surface area contributed by atoms with Crippen molar-refractivity contribution >= 4 is 49.7 Å². The maximum Gasteiger partial charge on any atom is 0.316 e. The topological polar surface area (TPSA) is 160 Å². The van der Waals surface area contributed by atoms with E-state index in [-0.39, 0.29) is 22.0 Å². The summed E-state index contributed by atoms with van der Waals surface area (Å²) in [6.45, 7) is 3.78. The number of nitrogens with one attached hydrogen (secondary N) is 1. The van der Waals surface area contributed by atoms with Gasteiger partial charge >= 0.3 is 6.03 Å². The number of carbonyl (C=O) groups excluding carboxylic acids is 1. The summed E-state index contributed by atoms with van der Waals surface area (Å²) in [5, 5.41) is 11.8. The second-order valence-electron chi connectivity index (χ2n) is 6.56. The summed E-state index contributed by atoms with van der Waals surface area (Å²) in [6.07, 6.45) is 0. The molecule has 0 aliphatic carbocycles. The minimum atomic E-state index is -4.55. The summed E-state index contributed by atoms with van der Waals surface area (Å²) in [5.41, 5.74) is 13.5. The second-order valence-corrected chi connectivity index (χ2v) is 7.95. The van der Waals surface area contributed by atoms with Crippen molar-refractivity contribution in [2.75, 3.05) is 11.1 Å². The number of hydrogen-bond acceptors (Lipinski definition) is 6. The van der Waals surface area contributed by atoms with Crippen LogP contribution in [0.15, 0.2) is 57.6 Å². The fourth-order valence-corrected chi connectivity index (χ4v) is 3.66. The van der Waals surface area contributed by atoms with Gasteiger partial charge in [0.2, 0.25) is 0 Å². The molecule has 0 atom stereocenters. The molecule has 29 heavy (non-hydrogen) atoms. The van der Waals surface area contributed by atoms with Crippen LogP contribution in [0.5, 0.6) is 0 Å². The molecule has 10 heteroatoms. The van der Waals surface area contributed by atoms with E-state index in [1.165, 1.54) is 30.3 Å². The number of nitrogens with two attached hydrogens (primary N) is 2. The first-order valence-corrected chi connectivity index (χ1v) is 9.89. The van der Waals surface area contributed by atoms with E-state index in [1.807, 2.05) is 26.0 Å². The van der Waals surface area contributed by atoms with Crippen LogP contribution in [0.25, 0.3) is 10.8 Å². The third-order valence-corrected chi connectivity index (χ3v) is 5.09. The van der Waals surface area contributed by atoms with Crippen LogP contribution in [0.2, 0.25) is 0 Å². The minimum Gasteiger partial charge on any atom is -0.399 e. The molecule has 0 aliphatic heterocycles. The molecule has 0 saturated carbocycles. The zero-order valence-corrected chi connectivity index (χ0v) is 16.5. The van der Waals surface area contributed by atoms with Crippen LogP contribution < -0.4 is 16.8 Å². The molecule has 150 valence electrons. The van der Waals surface area contributed by atoms with Gasteiger partial charge in [-0.2, -0.15) is 8.42 Å². The molecule has 0 radical (unpaired) electrons. The van der Waals surface area contributed by atoms with Crippen LogP contribution in [0.3, 0.4) is 0 Å². The van der Waals surface area contributed by atoms with Crippen LogP contribution in [-0.2, 0) is 10.1 Å². The Morgan fingerprint density at radius 1 is 1.03 bits per heavy atom. The average molecular weight is 413 g/mol. The molecular weight excluding hydrogens is 394 g/mol. The van der Waals surface area contributed by atoms with E-state index >= 15 is 0 Å². The SMILES string of the molecule is Cc1cc(C)c2cc(N=Nc3ccc(N)cc3NC(N)=O)c(S(=O)(=O)O)cc2c1. The summed E-state index contributed by atoms with van der Waals surface area (Å²) < 4.78 is 33.5. The molecule has 3 rings (SSSR count). The Kier molecular flexibility index (Phi) is 5.23. The zero-order chi connectivity index (χ0) is 21.3. The van der Waals surface area contributed by atoms with Crippen LogP contribution >= 0.6 is 0 Å². The van der Waals surface area contributed by atoms with Crippen LogP contribution in [0.4, 0.5) is 27.5 Å². The first-order valence-electron chi connectivity index (χ1n) is 8.45. The first kappa shape index (κ1) is 20.2. The van der Waals surface area contributed by atoms with E-state index in [0.717, 1.165) is 16.5 Å². The summed E-state index contributed by atoms with van der Waals surface area (Å²) in [7, 11) is -4.55. The molecule has 0 unspecified atom stereocenters. The molecule has 0 aromatic heterocycles. The second kappa shape index (κ2) is 7.49. The Morgan fingerprint density at radius 2 is 1.72 bits per heavy atom. The van der Waals surface area contributed by atoms with E-state index in [9.17, 15) is 17.8 Å². The number of hydrogen-bond donors (Lipinski definition) is 4. The Bertz CT molecular complexity index is 1270. The predicted molar refractivity (Wildman–Crippen MR) is 111 cm³/mol. The number of rotatable bonds is 4. The number of nitrogens with zero attached hydrogens (tertiary/aromatic N) is 2. The standard InChI is InChI=1S/C19H19N5O4S/c1-10-5-11(2)14-9-17(18(29(26,27)28)7-12(14)6-10)24-23-15-4-3-13(20)8-16(15)22-19(21)25/h3-9H,20H2,1-2H3,(H3,21,22,25)(H,26,27,28). The number of urea groups is 1. The van der Waals surface area contributed by atoms with Crippen molar-refractivity contribution in [1.82, 2.24) is 0 Å². The highest BCUT2D eigenvalue weighted by Crippen LogP contribution is 2.35. The molecule has 0 bridgehead atoms. The van der Waals surface area contributed by atoms with Gasteiger partial charge in [0, 0.05) is 5.69 Å². The first-order chi connectivity index (χ1) is 13.5. The molecule has 0 aliphatic rings. The van der Waals surface area contributed by atoms with E-state index in [2.05, 4.69) is 15.5 Å². The molecule has 0 fully saturated rings. The Hall–Kier alpha value is -3.50. The Balaban J connectivity index is 2.18. The molecule has 3 aromatic carbocycles. The van der Waals surface area contributed by atoms with E-state index < -0.39 is 16.1 Å². The minimum absolute atomic E-state index is 0.0474. The van der Waals surface area contributed by atoms with E-state index in [4.69, 9.17) is 11.5 Å². The predicted octanol–water partition coefficient (Wildman–Crippen LogP) is 4.19. The van der Waals surface area contributed by atoms with E-state index in [1.54, 1.807) is 0 Å². The number of azo groups is 1. The lowest BCUT2D eigenvalue weighted by atomic mass is 10.0. The van der Waals surface area contributed by atoms with Gasteiger partial charge in [-0.3, -0.25) is 4.55 Å². The van der Waals surface area contributed by atoms with Gasteiger partial charge in [-0.1, -0.05) is 17.7 Å². The van der Waals surface area contributed by atoms with Gasteiger partial charge in [0.05, 0.1) is 5.69 Å². The van der Waals surface area contributed by atoms with Crippen molar-refractivity contribution < 1.29 is 17.8 Å². The number of benzene rings is 3. The molecular formula is C19H19N5O4S. The number of nitrogen functional groups attached to an aromatic ring is 1. The third kappa shape index (κ3) is 4.50. The number of aryl methyl sites for hydroxylation is 2. The van der Waals surface area contributed by atoms with Crippen molar-refractivity contribution in [3.05, 3.63) is 53.6 Å². The lowest BCUT2D eigenvalue weighted by Gasteiger charge is -2.09. The molecule has 9 nitrogen and oxygen atoms in total. The number of carbonyl (C=O) groups is 1. The summed E-state index contributed by atoms with van der Waals surface area (Å²) in [5.74, 6) is 0. The molecule has 0 spiro atoms. The maximum absolute atomic E-state index is 11.9. The van der Waals surface area contributed by atoms with Gasteiger partial charge < -0.3 is 16.8 Å². The van der Waals surface area contributed by atoms with Crippen molar-refractivity contribution in [3.8, 4) is 0 Å². The zero-order valence-electron chi connectivity index (χ0n) is 15.7. The highest BCUT2D eigenvalue weighted by Gasteiger charge is 2.18. The van der Waals surface area contributed by atoms with Gasteiger partial charge in [-0.25, -0.2) is 4.79 Å². The summed E-state index contributed by atoms with van der Waals surface area (Å²) in [4.78, 5) is 10.8. The van der Waals surface area contributed by atoms with Gasteiger partial charge in [0.15, 0.2) is 0 Å². The van der Waals surface area contributed by atoms with Crippen molar-refractivity contribution in [2.45, 2.75) is 18.7 Å². The summed E-state index contributed by atoms with van der Waals surface area (Å²) >= 11 is 0.